The Morgan fingerprint density at radius 2 is 1.88 bits per heavy atom. The van der Waals surface area contributed by atoms with Gasteiger partial charge in [0.25, 0.3) is 0 Å². The van der Waals surface area contributed by atoms with E-state index in [1.54, 1.807) is 0 Å². The molecule has 1 atom stereocenters. The van der Waals surface area contributed by atoms with Crippen molar-refractivity contribution in [1.82, 2.24) is 0 Å². The first-order chi connectivity index (χ1) is 8.13. The van der Waals surface area contributed by atoms with Crippen LogP contribution in [0.1, 0.15) is 36.8 Å². The molecule has 0 amide bonds. The minimum Gasteiger partial charge on any atom is -0.330 e. The van der Waals surface area contributed by atoms with Crippen molar-refractivity contribution in [1.29, 1.82) is 0 Å². The highest BCUT2D eigenvalue weighted by molar-refractivity contribution is 9.10. The highest BCUT2D eigenvalue weighted by Crippen LogP contribution is 2.32. The Hall–Kier alpha value is -0.380. The van der Waals surface area contributed by atoms with Crippen molar-refractivity contribution in [3.63, 3.8) is 0 Å². The molecule has 0 aliphatic carbocycles. The summed E-state index contributed by atoms with van der Waals surface area (Å²) in [7, 11) is 0. The highest BCUT2D eigenvalue weighted by Gasteiger charge is 2.17. The third kappa shape index (κ3) is 3.80. The fraction of sp³-hybridized carbons (Fsp3) is 0.571. The van der Waals surface area contributed by atoms with E-state index in [2.05, 4.69) is 48.0 Å². The normalized spacial score (nSPS) is 13.1. The Bertz CT molecular complexity index is 348. The first-order valence-corrected chi connectivity index (χ1v) is 7.08. The first kappa shape index (κ1) is 14.7. The van der Waals surface area contributed by atoms with Gasteiger partial charge in [0.1, 0.15) is 0 Å². The van der Waals surface area contributed by atoms with E-state index < -0.39 is 0 Å². The van der Waals surface area contributed by atoms with Crippen LogP contribution in [-0.4, -0.2) is 13.1 Å². The molecule has 2 nitrogen and oxygen atoms in total. The molecule has 0 fully saturated rings. The summed E-state index contributed by atoms with van der Waals surface area (Å²) < 4.78 is 1.19. The average Bonchev–Trinajstić information content (AvgIpc) is 2.35. The molecule has 0 aliphatic heterocycles. The van der Waals surface area contributed by atoms with Crippen LogP contribution in [-0.2, 0) is 0 Å². The third-order valence-corrected chi connectivity index (χ3v) is 4.39. The van der Waals surface area contributed by atoms with Crippen LogP contribution in [0.2, 0.25) is 0 Å². The Labute approximate surface area is 113 Å². The smallest absolute Gasteiger partial charge is 0.0207 e. The lowest BCUT2D eigenvalue weighted by atomic mass is 9.85. The van der Waals surface area contributed by atoms with Gasteiger partial charge in [0.15, 0.2) is 0 Å². The van der Waals surface area contributed by atoms with E-state index in [1.165, 1.54) is 15.6 Å². The van der Waals surface area contributed by atoms with Gasteiger partial charge in [0.2, 0.25) is 0 Å². The first-order valence-electron chi connectivity index (χ1n) is 6.29. The van der Waals surface area contributed by atoms with Gasteiger partial charge in [-0.1, -0.05) is 35.0 Å². The van der Waals surface area contributed by atoms with Crippen molar-refractivity contribution in [3.05, 3.63) is 33.8 Å². The molecular formula is C14H23BrN2. The fourth-order valence-corrected chi connectivity index (χ4v) is 2.65. The molecule has 0 bridgehead atoms. The van der Waals surface area contributed by atoms with Crippen molar-refractivity contribution >= 4 is 15.9 Å². The summed E-state index contributed by atoms with van der Waals surface area (Å²) in [6.07, 6.45) is 2.22. The van der Waals surface area contributed by atoms with Gasteiger partial charge in [-0.25, -0.2) is 0 Å². The number of hydrogen-bond donors (Lipinski definition) is 2. The number of halogens is 1. The molecule has 3 heteroatoms. The molecule has 96 valence electrons. The Balaban J connectivity index is 2.89. The average molecular weight is 299 g/mol. The van der Waals surface area contributed by atoms with E-state index in [9.17, 15) is 0 Å². The number of nitrogens with two attached hydrogens (primary N) is 2. The molecule has 4 N–H and O–H groups in total. The maximum atomic E-state index is 5.74. The summed E-state index contributed by atoms with van der Waals surface area (Å²) >= 11 is 3.59. The van der Waals surface area contributed by atoms with Crippen LogP contribution in [0.4, 0.5) is 0 Å². The van der Waals surface area contributed by atoms with Crippen LogP contribution in [0, 0.1) is 12.8 Å². The number of hydrogen-bond acceptors (Lipinski definition) is 2. The van der Waals surface area contributed by atoms with Crippen LogP contribution in [0.15, 0.2) is 22.7 Å². The molecule has 1 rings (SSSR count). The molecule has 0 radical (unpaired) electrons. The third-order valence-electron chi connectivity index (χ3n) is 3.53. The van der Waals surface area contributed by atoms with Crippen molar-refractivity contribution in [2.24, 2.45) is 17.4 Å². The molecule has 0 saturated heterocycles. The SMILES string of the molecule is CCC(CC(CN)CN)c1cccc(Br)c1C. The zero-order valence-electron chi connectivity index (χ0n) is 10.7. The molecular weight excluding hydrogens is 276 g/mol. The van der Waals surface area contributed by atoms with Gasteiger partial charge in [-0.2, -0.15) is 0 Å². The summed E-state index contributed by atoms with van der Waals surface area (Å²) in [6.45, 7) is 5.76. The van der Waals surface area contributed by atoms with Gasteiger partial charge in [-0.15, -0.1) is 0 Å². The van der Waals surface area contributed by atoms with Gasteiger partial charge in [0, 0.05) is 4.47 Å². The maximum Gasteiger partial charge on any atom is 0.0207 e. The van der Waals surface area contributed by atoms with E-state index >= 15 is 0 Å². The number of rotatable bonds is 6. The van der Waals surface area contributed by atoms with Crippen molar-refractivity contribution in [2.75, 3.05) is 13.1 Å². The lowest BCUT2D eigenvalue weighted by Gasteiger charge is -2.23. The predicted octanol–water partition coefficient (Wildman–Crippen LogP) is 3.17. The van der Waals surface area contributed by atoms with E-state index in [4.69, 9.17) is 11.5 Å². The van der Waals surface area contributed by atoms with E-state index in [0.717, 1.165) is 12.8 Å². The lowest BCUT2D eigenvalue weighted by molar-refractivity contribution is 0.441. The molecule has 1 aromatic rings. The van der Waals surface area contributed by atoms with Crippen molar-refractivity contribution in [3.8, 4) is 0 Å². The maximum absolute atomic E-state index is 5.74. The molecule has 0 aliphatic rings. The summed E-state index contributed by atoms with van der Waals surface area (Å²) in [6, 6.07) is 6.42. The predicted molar refractivity (Wildman–Crippen MR) is 78.1 cm³/mol. The second kappa shape index (κ2) is 7.14. The van der Waals surface area contributed by atoms with Gasteiger partial charge in [0.05, 0.1) is 0 Å². The standard InChI is InChI=1S/C14H23BrN2/c1-3-12(7-11(8-16)9-17)13-5-4-6-14(15)10(13)2/h4-6,11-12H,3,7-9,16-17H2,1-2H3. The fourth-order valence-electron chi connectivity index (χ4n) is 2.27. The lowest BCUT2D eigenvalue weighted by Crippen LogP contribution is -2.25. The van der Waals surface area contributed by atoms with Gasteiger partial charge in [-0.3, -0.25) is 0 Å². The van der Waals surface area contributed by atoms with Crippen molar-refractivity contribution in [2.45, 2.75) is 32.6 Å². The largest absolute Gasteiger partial charge is 0.330 e. The molecule has 1 unspecified atom stereocenters. The van der Waals surface area contributed by atoms with Crippen LogP contribution in [0.25, 0.3) is 0 Å². The molecule has 0 spiro atoms. The van der Waals surface area contributed by atoms with E-state index in [-0.39, 0.29) is 0 Å². The number of benzene rings is 1. The van der Waals surface area contributed by atoms with Crippen molar-refractivity contribution < 1.29 is 0 Å². The Kier molecular flexibility index (Phi) is 6.17. The van der Waals surface area contributed by atoms with Crippen LogP contribution in [0.5, 0.6) is 0 Å². The van der Waals surface area contributed by atoms with Gasteiger partial charge >= 0.3 is 0 Å². The summed E-state index contributed by atoms with van der Waals surface area (Å²) in [4.78, 5) is 0. The second-order valence-electron chi connectivity index (χ2n) is 4.63. The second-order valence-corrected chi connectivity index (χ2v) is 5.49. The minimum absolute atomic E-state index is 0.429. The summed E-state index contributed by atoms with van der Waals surface area (Å²) in [5, 5.41) is 0. The van der Waals surface area contributed by atoms with E-state index in [0.29, 0.717) is 24.9 Å². The van der Waals surface area contributed by atoms with E-state index in [1.807, 2.05) is 0 Å². The monoisotopic (exact) mass is 298 g/mol. The van der Waals surface area contributed by atoms with Gasteiger partial charge < -0.3 is 11.5 Å². The summed E-state index contributed by atoms with van der Waals surface area (Å²) in [5.41, 5.74) is 14.3. The molecule has 0 aromatic heterocycles. The van der Waals surface area contributed by atoms with Crippen LogP contribution < -0.4 is 11.5 Å². The summed E-state index contributed by atoms with van der Waals surface area (Å²) in [5.74, 6) is 0.989. The van der Waals surface area contributed by atoms with Crippen LogP contribution in [0.3, 0.4) is 0 Å². The quantitative estimate of drug-likeness (QED) is 0.847. The van der Waals surface area contributed by atoms with Crippen LogP contribution >= 0.6 is 15.9 Å². The zero-order valence-corrected chi connectivity index (χ0v) is 12.3. The molecule has 17 heavy (non-hydrogen) atoms. The topological polar surface area (TPSA) is 52.0 Å². The molecule has 0 heterocycles. The highest BCUT2D eigenvalue weighted by atomic mass is 79.9. The Morgan fingerprint density at radius 3 is 2.41 bits per heavy atom. The molecule has 1 aromatic carbocycles. The molecule has 0 saturated carbocycles. The van der Waals surface area contributed by atoms with Gasteiger partial charge in [-0.05, 0) is 61.9 Å². The Morgan fingerprint density at radius 1 is 1.24 bits per heavy atom. The zero-order chi connectivity index (χ0) is 12.8. The minimum atomic E-state index is 0.429.